The summed E-state index contributed by atoms with van der Waals surface area (Å²) < 4.78 is 27.1. The van der Waals surface area contributed by atoms with Crippen LogP contribution in [0.15, 0.2) is 29.2 Å². The lowest BCUT2D eigenvalue weighted by Gasteiger charge is -2.36. The summed E-state index contributed by atoms with van der Waals surface area (Å²) in [7, 11) is -3.53. The highest BCUT2D eigenvalue weighted by Gasteiger charge is 2.32. The van der Waals surface area contributed by atoms with Gasteiger partial charge < -0.3 is 10.6 Å². The average molecular weight is 382 g/mol. The van der Waals surface area contributed by atoms with Crippen LogP contribution in [0.2, 0.25) is 0 Å². The van der Waals surface area contributed by atoms with Gasteiger partial charge in [-0.1, -0.05) is 46.2 Å². The second-order valence-electron chi connectivity index (χ2n) is 7.36. The van der Waals surface area contributed by atoms with E-state index in [-0.39, 0.29) is 11.8 Å². The molecule has 146 valence electrons. The van der Waals surface area contributed by atoms with Crippen LogP contribution in [0.5, 0.6) is 0 Å². The van der Waals surface area contributed by atoms with Crippen molar-refractivity contribution in [3.63, 3.8) is 0 Å². The highest BCUT2D eigenvalue weighted by molar-refractivity contribution is 7.89. The van der Waals surface area contributed by atoms with E-state index in [0.717, 1.165) is 12.0 Å². The van der Waals surface area contributed by atoms with Crippen LogP contribution in [0.1, 0.15) is 45.6 Å². The van der Waals surface area contributed by atoms with Crippen LogP contribution in [0.3, 0.4) is 0 Å². The van der Waals surface area contributed by atoms with Gasteiger partial charge in [0.15, 0.2) is 0 Å². The quantitative estimate of drug-likeness (QED) is 0.817. The van der Waals surface area contributed by atoms with Gasteiger partial charge >= 0.3 is 0 Å². The molecule has 1 fully saturated rings. The standard InChI is InChI=1S/C19H31N3O3S/c1-5-15(4)18(20)19(23)21-10-12-22(13-11-21)26(24,25)17-8-6-16(7-9-17)14(2)3/h6-9,14-15,18H,5,10-13,20H2,1-4H3. The van der Waals surface area contributed by atoms with Gasteiger partial charge in [0.2, 0.25) is 15.9 Å². The van der Waals surface area contributed by atoms with Crippen molar-refractivity contribution in [3.8, 4) is 0 Å². The molecule has 2 rings (SSSR count). The molecule has 0 aliphatic carbocycles. The Balaban J connectivity index is 2.03. The smallest absolute Gasteiger partial charge is 0.243 e. The Morgan fingerprint density at radius 2 is 1.62 bits per heavy atom. The lowest BCUT2D eigenvalue weighted by Crippen LogP contribution is -2.55. The molecule has 0 spiro atoms. The second kappa shape index (κ2) is 8.50. The first-order chi connectivity index (χ1) is 12.2. The zero-order valence-electron chi connectivity index (χ0n) is 16.2. The molecule has 0 bridgehead atoms. The van der Waals surface area contributed by atoms with E-state index >= 15 is 0 Å². The van der Waals surface area contributed by atoms with Crippen molar-refractivity contribution in [1.29, 1.82) is 0 Å². The maximum atomic E-state index is 12.8. The van der Waals surface area contributed by atoms with Crippen LogP contribution in [-0.4, -0.2) is 55.8 Å². The van der Waals surface area contributed by atoms with Crippen LogP contribution in [0, 0.1) is 5.92 Å². The van der Waals surface area contributed by atoms with Crippen molar-refractivity contribution in [2.75, 3.05) is 26.2 Å². The lowest BCUT2D eigenvalue weighted by atomic mass is 9.99. The fourth-order valence-corrected chi connectivity index (χ4v) is 4.45. The van der Waals surface area contributed by atoms with Crippen molar-refractivity contribution in [2.45, 2.75) is 51.0 Å². The number of benzene rings is 1. The molecule has 6 nitrogen and oxygen atoms in total. The van der Waals surface area contributed by atoms with Crippen LogP contribution in [0.4, 0.5) is 0 Å². The van der Waals surface area contributed by atoms with Crippen molar-refractivity contribution < 1.29 is 13.2 Å². The molecule has 2 N–H and O–H groups in total. The molecule has 1 aliphatic heterocycles. The van der Waals surface area contributed by atoms with E-state index in [0.29, 0.717) is 37.0 Å². The number of nitrogens with two attached hydrogens (primary N) is 1. The van der Waals surface area contributed by atoms with Gasteiger partial charge in [-0.25, -0.2) is 8.42 Å². The van der Waals surface area contributed by atoms with Gasteiger partial charge in [-0.3, -0.25) is 4.79 Å². The first-order valence-corrected chi connectivity index (χ1v) is 10.8. The Hall–Kier alpha value is -1.44. The monoisotopic (exact) mass is 381 g/mol. The highest BCUT2D eigenvalue weighted by Crippen LogP contribution is 2.21. The molecule has 2 unspecified atom stereocenters. The molecular weight excluding hydrogens is 350 g/mol. The molecular formula is C19H31N3O3S. The van der Waals surface area contributed by atoms with E-state index in [2.05, 4.69) is 13.8 Å². The Kier molecular flexibility index (Phi) is 6.82. The van der Waals surface area contributed by atoms with Gasteiger partial charge in [0.1, 0.15) is 0 Å². The topological polar surface area (TPSA) is 83.7 Å². The Morgan fingerprint density at radius 1 is 1.08 bits per heavy atom. The SMILES string of the molecule is CCC(C)C(N)C(=O)N1CCN(S(=O)(=O)c2ccc(C(C)C)cc2)CC1. The molecule has 0 aromatic heterocycles. The predicted octanol–water partition coefficient (Wildman–Crippen LogP) is 2.02. The Bertz CT molecular complexity index is 708. The number of nitrogens with zero attached hydrogens (tertiary/aromatic N) is 2. The fourth-order valence-electron chi connectivity index (χ4n) is 3.03. The van der Waals surface area contributed by atoms with Gasteiger partial charge in [-0.2, -0.15) is 4.31 Å². The second-order valence-corrected chi connectivity index (χ2v) is 9.30. The summed E-state index contributed by atoms with van der Waals surface area (Å²) in [5, 5.41) is 0. The molecule has 1 amide bonds. The van der Waals surface area contributed by atoms with Crippen LogP contribution in [0.25, 0.3) is 0 Å². The average Bonchev–Trinajstić information content (AvgIpc) is 2.66. The third kappa shape index (κ3) is 4.45. The van der Waals surface area contributed by atoms with Crippen LogP contribution < -0.4 is 5.73 Å². The van der Waals surface area contributed by atoms with E-state index in [1.54, 1.807) is 17.0 Å². The summed E-state index contributed by atoms with van der Waals surface area (Å²) in [4.78, 5) is 14.4. The molecule has 0 radical (unpaired) electrons. The number of rotatable bonds is 6. The third-order valence-corrected chi connectivity index (χ3v) is 7.19. The van der Waals surface area contributed by atoms with Gasteiger partial charge in [0.25, 0.3) is 0 Å². The van der Waals surface area contributed by atoms with E-state index in [9.17, 15) is 13.2 Å². The first-order valence-electron chi connectivity index (χ1n) is 9.33. The summed E-state index contributed by atoms with van der Waals surface area (Å²) in [6.45, 7) is 9.48. The Labute approximate surface area is 157 Å². The third-order valence-electron chi connectivity index (χ3n) is 5.28. The molecule has 0 saturated carbocycles. The molecule has 1 saturated heterocycles. The largest absolute Gasteiger partial charge is 0.339 e. The van der Waals surface area contributed by atoms with Gasteiger partial charge in [0, 0.05) is 26.2 Å². The van der Waals surface area contributed by atoms with Crippen molar-refractivity contribution in [1.82, 2.24) is 9.21 Å². The maximum absolute atomic E-state index is 12.8. The van der Waals surface area contributed by atoms with Crippen molar-refractivity contribution in [3.05, 3.63) is 29.8 Å². The minimum absolute atomic E-state index is 0.0855. The minimum atomic E-state index is -3.53. The molecule has 1 aromatic carbocycles. The van der Waals surface area contributed by atoms with Crippen LogP contribution >= 0.6 is 0 Å². The Morgan fingerprint density at radius 3 is 2.08 bits per heavy atom. The summed E-state index contributed by atoms with van der Waals surface area (Å²) in [5.74, 6) is 0.387. The van der Waals surface area contributed by atoms with E-state index in [1.807, 2.05) is 26.0 Å². The van der Waals surface area contributed by atoms with E-state index < -0.39 is 16.1 Å². The van der Waals surface area contributed by atoms with E-state index in [4.69, 9.17) is 5.73 Å². The van der Waals surface area contributed by atoms with Crippen molar-refractivity contribution >= 4 is 15.9 Å². The summed E-state index contributed by atoms with van der Waals surface area (Å²) in [5.41, 5.74) is 7.14. The van der Waals surface area contributed by atoms with Gasteiger partial charge in [-0.05, 0) is 29.5 Å². The predicted molar refractivity (Wildman–Crippen MR) is 103 cm³/mol. The number of amides is 1. The van der Waals surface area contributed by atoms with Gasteiger partial charge in [0.05, 0.1) is 10.9 Å². The lowest BCUT2D eigenvalue weighted by molar-refractivity contribution is -0.134. The highest BCUT2D eigenvalue weighted by atomic mass is 32.2. The minimum Gasteiger partial charge on any atom is -0.339 e. The number of sulfonamides is 1. The first kappa shape index (κ1) is 20.9. The fraction of sp³-hybridized carbons (Fsp3) is 0.632. The number of carbonyl (C=O) groups is 1. The summed E-state index contributed by atoms with van der Waals surface area (Å²) >= 11 is 0. The number of hydrogen-bond donors (Lipinski definition) is 1. The maximum Gasteiger partial charge on any atom is 0.243 e. The molecule has 7 heteroatoms. The number of carbonyl (C=O) groups excluding carboxylic acids is 1. The molecule has 26 heavy (non-hydrogen) atoms. The summed E-state index contributed by atoms with van der Waals surface area (Å²) in [6, 6.07) is 6.54. The number of hydrogen-bond acceptors (Lipinski definition) is 4. The molecule has 1 heterocycles. The molecule has 2 atom stereocenters. The zero-order chi connectivity index (χ0) is 19.5. The van der Waals surface area contributed by atoms with Crippen molar-refractivity contribution in [2.24, 2.45) is 11.7 Å². The molecule has 1 aliphatic rings. The van der Waals surface area contributed by atoms with E-state index in [1.165, 1.54) is 4.31 Å². The number of piperazine rings is 1. The zero-order valence-corrected chi connectivity index (χ0v) is 17.0. The van der Waals surface area contributed by atoms with Gasteiger partial charge in [-0.15, -0.1) is 0 Å². The molecule has 1 aromatic rings. The van der Waals surface area contributed by atoms with Crippen LogP contribution in [-0.2, 0) is 14.8 Å². The normalized spacial score (nSPS) is 18.8. The summed E-state index contributed by atoms with van der Waals surface area (Å²) in [6.07, 6.45) is 0.841.